The first-order valence-corrected chi connectivity index (χ1v) is 5.33. The number of esters is 1. The third kappa shape index (κ3) is 2.35. The molecule has 0 aliphatic carbocycles. The van der Waals surface area contributed by atoms with E-state index in [4.69, 9.17) is 14.2 Å². The summed E-state index contributed by atoms with van der Waals surface area (Å²) in [6.07, 6.45) is -1.67. The Morgan fingerprint density at radius 2 is 2.06 bits per heavy atom. The van der Waals surface area contributed by atoms with Gasteiger partial charge in [-0.05, 0) is 14.1 Å². The molecule has 6 heteroatoms. The molecule has 0 saturated carbocycles. The van der Waals surface area contributed by atoms with Gasteiger partial charge in [-0.2, -0.15) is 0 Å². The molecule has 2 fully saturated rings. The minimum atomic E-state index is -0.609. The third-order valence-corrected chi connectivity index (χ3v) is 2.71. The van der Waals surface area contributed by atoms with Crippen LogP contribution in [0.1, 0.15) is 0 Å². The number of fused-ring (bicyclic) bond motifs is 1. The maximum atomic E-state index is 11.4. The van der Waals surface area contributed by atoms with E-state index in [2.05, 4.69) is 0 Å². The van der Waals surface area contributed by atoms with Crippen LogP contribution < -0.4 is 0 Å². The number of nitrogens with zero attached hydrogens (tertiary/aromatic N) is 1. The van der Waals surface area contributed by atoms with Gasteiger partial charge in [0.25, 0.3) is 0 Å². The van der Waals surface area contributed by atoms with Gasteiger partial charge in [0, 0.05) is 0 Å². The highest BCUT2D eigenvalue weighted by atomic mass is 16.6. The summed E-state index contributed by atoms with van der Waals surface area (Å²) in [4.78, 5) is 13.2. The Morgan fingerprint density at radius 1 is 1.38 bits per heavy atom. The molecule has 0 spiro atoms. The molecule has 92 valence electrons. The largest absolute Gasteiger partial charge is 0.456 e. The van der Waals surface area contributed by atoms with Gasteiger partial charge in [0.1, 0.15) is 18.3 Å². The fourth-order valence-corrected chi connectivity index (χ4v) is 2.01. The number of aliphatic hydroxyl groups excluding tert-OH is 1. The standard InChI is InChI=1S/C10H17NO5/c1-11(2)3-8(13)16-7-5-15-9-6(12)4-14-10(7)9/h6-7,9-10,12H,3-5H2,1-2H3/t6-,7+,9+,10+/m0/s1. The summed E-state index contributed by atoms with van der Waals surface area (Å²) in [5, 5.41) is 9.50. The first-order chi connectivity index (χ1) is 7.58. The first kappa shape index (κ1) is 11.8. The molecule has 0 aromatic carbocycles. The molecule has 0 aromatic rings. The molecule has 6 nitrogen and oxygen atoms in total. The lowest BCUT2D eigenvalue weighted by Crippen LogP contribution is -2.36. The molecule has 0 unspecified atom stereocenters. The maximum Gasteiger partial charge on any atom is 0.320 e. The van der Waals surface area contributed by atoms with E-state index in [9.17, 15) is 9.90 Å². The number of aliphatic hydroxyl groups is 1. The SMILES string of the molecule is CN(C)CC(=O)O[C@@H]1CO[C@H]2[C@@H]1OC[C@@H]2O. The van der Waals surface area contributed by atoms with Crippen LogP contribution >= 0.6 is 0 Å². The minimum Gasteiger partial charge on any atom is -0.456 e. The van der Waals surface area contributed by atoms with E-state index >= 15 is 0 Å². The molecule has 2 aliphatic heterocycles. The second-order valence-corrected chi connectivity index (χ2v) is 4.43. The van der Waals surface area contributed by atoms with Crippen LogP contribution in [0.5, 0.6) is 0 Å². The Bertz CT molecular complexity index is 270. The zero-order valence-electron chi connectivity index (χ0n) is 9.46. The molecule has 0 bridgehead atoms. The Morgan fingerprint density at radius 3 is 2.75 bits per heavy atom. The van der Waals surface area contributed by atoms with Crippen LogP contribution in [0.15, 0.2) is 0 Å². The number of carbonyl (C=O) groups is 1. The minimum absolute atomic E-state index is 0.233. The van der Waals surface area contributed by atoms with Crippen LogP contribution in [0.3, 0.4) is 0 Å². The van der Waals surface area contributed by atoms with Crippen LogP contribution in [0.2, 0.25) is 0 Å². The Balaban J connectivity index is 1.85. The quantitative estimate of drug-likeness (QED) is 0.604. The molecule has 2 rings (SSSR count). The highest BCUT2D eigenvalue weighted by molar-refractivity contribution is 5.71. The molecule has 2 aliphatic rings. The second kappa shape index (κ2) is 4.67. The summed E-state index contributed by atoms with van der Waals surface area (Å²) in [5.41, 5.74) is 0. The van der Waals surface area contributed by atoms with Gasteiger partial charge in [0.2, 0.25) is 0 Å². The maximum absolute atomic E-state index is 11.4. The summed E-state index contributed by atoms with van der Waals surface area (Å²) in [5.74, 6) is -0.302. The smallest absolute Gasteiger partial charge is 0.320 e. The third-order valence-electron chi connectivity index (χ3n) is 2.71. The second-order valence-electron chi connectivity index (χ2n) is 4.43. The van der Waals surface area contributed by atoms with Gasteiger partial charge in [-0.3, -0.25) is 9.69 Å². The van der Waals surface area contributed by atoms with Crippen molar-refractivity contribution in [3.8, 4) is 0 Å². The van der Waals surface area contributed by atoms with Crippen molar-refractivity contribution in [2.24, 2.45) is 0 Å². The number of rotatable bonds is 3. The van der Waals surface area contributed by atoms with Crippen LogP contribution in [0, 0.1) is 0 Å². The van der Waals surface area contributed by atoms with Gasteiger partial charge in [-0.15, -0.1) is 0 Å². The predicted octanol–water partition coefficient (Wildman–Crippen LogP) is -1.38. The molecule has 2 heterocycles. The fourth-order valence-electron chi connectivity index (χ4n) is 2.01. The zero-order valence-corrected chi connectivity index (χ0v) is 9.46. The average molecular weight is 231 g/mol. The predicted molar refractivity (Wildman–Crippen MR) is 53.9 cm³/mol. The van der Waals surface area contributed by atoms with E-state index in [0.29, 0.717) is 6.61 Å². The molecule has 1 N–H and O–H groups in total. The number of ether oxygens (including phenoxy) is 3. The van der Waals surface area contributed by atoms with Crippen molar-refractivity contribution in [2.75, 3.05) is 33.9 Å². The summed E-state index contributed by atoms with van der Waals surface area (Å²) in [6, 6.07) is 0. The Labute approximate surface area is 94.1 Å². The van der Waals surface area contributed by atoms with Gasteiger partial charge < -0.3 is 19.3 Å². The van der Waals surface area contributed by atoms with Crippen LogP contribution in [0.4, 0.5) is 0 Å². The molecular formula is C10H17NO5. The fraction of sp³-hybridized carbons (Fsp3) is 0.900. The number of likely N-dealkylation sites (N-methyl/N-ethyl adjacent to an activating group) is 1. The lowest BCUT2D eigenvalue weighted by atomic mass is 10.1. The molecule has 16 heavy (non-hydrogen) atoms. The zero-order chi connectivity index (χ0) is 11.7. The van der Waals surface area contributed by atoms with Crippen LogP contribution in [-0.2, 0) is 19.0 Å². The average Bonchev–Trinajstić information content (AvgIpc) is 2.70. The van der Waals surface area contributed by atoms with Crippen molar-refractivity contribution in [3.05, 3.63) is 0 Å². The summed E-state index contributed by atoms with van der Waals surface area (Å²) < 4.78 is 15.9. The summed E-state index contributed by atoms with van der Waals surface area (Å²) >= 11 is 0. The van der Waals surface area contributed by atoms with Crippen molar-refractivity contribution in [1.82, 2.24) is 4.90 Å². The van der Waals surface area contributed by atoms with E-state index in [0.717, 1.165) is 0 Å². The van der Waals surface area contributed by atoms with Crippen molar-refractivity contribution < 1.29 is 24.1 Å². The topological polar surface area (TPSA) is 68.2 Å². The van der Waals surface area contributed by atoms with Crippen LogP contribution in [0.25, 0.3) is 0 Å². The Hall–Kier alpha value is -0.690. The van der Waals surface area contributed by atoms with Gasteiger partial charge in [-0.1, -0.05) is 0 Å². The highest BCUT2D eigenvalue weighted by Gasteiger charge is 2.48. The highest BCUT2D eigenvalue weighted by Crippen LogP contribution is 2.28. The van der Waals surface area contributed by atoms with Gasteiger partial charge >= 0.3 is 5.97 Å². The number of carbonyl (C=O) groups excluding carboxylic acids is 1. The summed E-state index contributed by atoms with van der Waals surface area (Å²) in [7, 11) is 3.59. The molecular weight excluding hydrogens is 214 g/mol. The van der Waals surface area contributed by atoms with E-state index in [1.165, 1.54) is 0 Å². The number of hydrogen-bond acceptors (Lipinski definition) is 6. The van der Waals surface area contributed by atoms with Crippen molar-refractivity contribution in [1.29, 1.82) is 0 Å². The summed E-state index contributed by atoms with van der Waals surface area (Å²) in [6.45, 7) is 0.777. The lowest BCUT2D eigenvalue weighted by molar-refractivity contribution is -0.154. The van der Waals surface area contributed by atoms with Gasteiger partial charge in [0.15, 0.2) is 6.10 Å². The Kier molecular flexibility index (Phi) is 3.44. The van der Waals surface area contributed by atoms with E-state index < -0.39 is 12.2 Å². The van der Waals surface area contributed by atoms with Gasteiger partial charge in [-0.25, -0.2) is 0 Å². The van der Waals surface area contributed by atoms with Gasteiger partial charge in [0.05, 0.1) is 19.8 Å². The lowest BCUT2D eigenvalue weighted by Gasteiger charge is -2.17. The molecule has 0 aromatic heterocycles. The van der Waals surface area contributed by atoms with E-state index in [1.807, 2.05) is 0 Å². The molecule has 0 amide bonds. The monoisotopic (exact) mass is 231 g/mol. The first-order valence-electron chi connectivity index (χ1n) is 5.33. The normalized spacial score (nSPS) is 37.8. The van der Waals surface area contributed by atoms with Crippen molar-refractivity contribution in [3.63, 3.8) is 0 Å². The van der Waals surface area contributed by atoms with Crippen LogP contribution in [-0.4, -0.2) is 74.2 Å². The molecule has 0 radical (unpaired) electrons. The number of hydrogen-bond donors (Lipinski definition) is 1. The van der Waals surface area contributed by atoms with Crippen molar-refractivity contribution in [2.45, 2.75) is 24.4 Å². The molecule has 4 atom stereocenters. The van der Waals surface area contributed by atoms with Crippen molar-refractivity contribution >= 4 is 5.97 Å². The van der Waals surface area contributed by atoms with E-state index in [-0.39, 0.29) is 31.3 Å². The van der Waals surface area contributed by atoms with E-state index in [1.54, 1.807) is 19.0 Å². The molecule has 2 saturated heterocycles.